The minimum absolute atomic E-state index is 0.201. The van der Waals surface area contributed by atoms with E-state index in [0.29, 0.717) is 10.9 Å². The number of carboxylic acid groups (broad SMARTS) is 1. The Morgan fingerprint density at radius 1 is 1.67 bits per heavy atom. The summed E-state index contributed by atoms with van der Waals surface area (Å²) in [5, 5.41) is 11.4. The van der Waals surface area contributed by atoms with Gasteiger partial charge in [0.05, 0.1) is 5.69 Å². The van der Waals surface area contributed by atoms with E-state index in [-0.39, 0.29) is 5.69 Å². The average Bonchev–Trinajstić information content (AvgIpc) is 2.16. The first kappa shape index (κ1) is 12.0. The van der Waals surface area contributed by atoms with Crippen LogP contribution in [0.1, 0.15) is 13.3 Å². The predicted molar refractivity (Wildman–Crippen MR) is 59.4 cm³/mol. The molecule has 0 aliphatic heterocycles. The third-order valence-corrected chi connectivity index (χ3v) is 2.46. The van der Waals surface area contributed by atoms with Crippen molar-refractivity contribution < 1.29 is 14.3 Å². The summed E-state index contributed by atoms with van der Waals surface area (Å²) in [6.07, 6.45) is 0.394. The van der Waals surface area contributed by atoms with E-state index in [2.05, 4.69) is 21.2 Å². The summed E-state index contributed by atoms with van der Waals surface area (Å²) in [6, 6.07) is 3.68. The molecule has 82 valence electrons. The number of aliphatic carboxylic acids is 1. The number of nitrogens with one attached hydrogen (secondary N) is 1. The lowest BCUT2D eigenvalue weighted by Crippen LogP contribution is -2.28. The second-order valence-electron chi connectivity index (χ2n) is 3.07. The topological polar surface area (TPSA) is 49.3 Å². The standard InChI is InChI=1S/C10H11BrFNO2/c1-2-8(10(14)15)13-9-4-3-6(11)5-7(9)12/h3-5,8,13H,2H2,1H3,(H,14,15). The van der Waals surface area contributed by atoms with E-state index < -0.39 is 17.8 Å². The van der Waals surface area contributed by atoms with Gasteiger partial charge in [0.25, 0.3) is 0 Å². The van der Waals surface area contributed by atoms with Crippen LogP contribution in [0.25, 0.3) is 0 Å². The SMILES string of the molecule is CCC(Nc1ccc(Br)cc1F)C(=O)O. The zero-order chi connectivity index (χ0) is 11.4. The molecule has 0 aliphatic carbocycles. The van der Waals surface area contributed by atoms with Crippen molar-refractivity contribution in [3.63, 3.8) is 0 Å². The number of carbonyl (C=O) groups is 1. The van der Waals surface area contributed by atoms with Crippen molar-refractivity contribution in [2.24, 2.45) is 0 Å². The normalized spacial score (nSPS) is 12.2. The molecule has 1 aromatic rings. The molecule has 0 fully saturated rings. The Hall–Kier alpha value is -1.10. The Labute approximate surface area is 95.4 Å². The van der Waals surface area contributed by atoms with Gasteiger partial charge < -0.3 is 10.4 Å². The summed E-state index contributed by atoms with van der Waals surface area (Å²) in [5.74, 6) is -1.45. The molecular formula is C10H11BrFNO2. The highest BCUT2D eigenvalue weighted by atomic mass is 79.9. The summed E-state index contributed by atoms with van der Waals surface area (Å²) >= 11 is 3.12. The highest BCUT2D eigenvalue weighted by molar-refractivity contribution is 9.10. The van der Waals surface area contributed by atoms with Crippen molar-refractivity contribution in [1.82, 2.24) is 0 Å². The molecule has 0 spiro atoms. The predicted octanol–water partition coefficient (Wildman–Crippen LogP) is 2.86. The summed E-state index contributed by atoms with van der Waals surface area (Å²) in [4.78, 5) is 10.7. The van der Waals surface area contributed by atoms with Gasteiger partial charge in [-0.1, -0.05) is 22.9 Å². The van der Waals surface area contributed by atoms with Crippen LogP contribution in [0.15, 0.2) is 22.7 Å². The van der Waals surface area contributed by atoms with E-state index in [9.17, 15) is 9.18 Å². The Morgan fingerprint density at radius 2 is 2.33 bits per heavy atom. The van der Waals surface area contributed by atoms with Crippen molar-refractivity contribution in [3.05, 3.63) is 28.5 Å². The molecule has 0 radical (unpaired) electrons. The second kappa shape index (κ2) is 5.11. The number of rotatable bonds is 4. The van der Waals surface area contributed by atoms with E-state index in [1.807, 2.05) is 0 Å². The zero-order valence-corrected chi connectivity index (χ0v) is 9.71. The van der Waals surface area contributed by atoms with Gasteiger partial charge in [0.1, 0.15) is 11.9 Å². The molecule has 0 saturated carbocycles. The first-order valence-corrected chi connectivity index (χ1v) is 5.28. The largest absolute Gasteiger partial charge is 0.480 e. The van der Waals surface area contributed by atoms with Crippen LogP contribution in [-0.4, -0.2) is 17.1 Å². The van der Waals surface area contributed by atoms with Gasteiger partial charge in [0.2, 0.25) is 0 Å². The maximum atomic E-state index is 13.3. The van der Waals surface area contributed by atoms with Crippen LogP contribution in [0, 0.1) is 5.82 Å². The van der Waals surface area contributed by atoms with Crippen molar-refractivity contribution in [2.45, 2.75) is 19.4 Å². The fourth-order valence-corrected chi connectivity index (χ4v) is 1.47. The van der Waals surface area contributed by atoms with E-state index in [1.54, 1.807) is 13.0 Å². The minimum atomic E-state index is -0.986. The fourth-order valence-electron chi connectivity index (χ4n) is 1.13. The van der Waals surface area contributed by atoms with Crippen molar-refractivity contribution in [1.29, 1.82) is 0 Å². The fraction of sp³-hybridized carbons (Fsp3) is 0.300. The van der Waals surface area contributed by atoms with Gasteiger partial charge in [-0.3, -0.25) is 0 Å². The van der Waals surface area contributed by atoms with Crippen LogP contribution in [0.3, 0.4) is 0 Å². The van der Waals surface area contributed by atoms with Gasteiger partial charge in [0.15, 0.2) is 0 Å². The molecule has 1 rings (SSSR count). The van der Waals surface area contributed by atoms with Crippen LogP contribution in [0.4, 0.5) is 10.1 Å². The van der Waals surface area contributed by atoms with Crippen molar-refractivity contribution in [3.8, 4) is 0 Å². The molecule has 0 saturated heterocycles. The van der Waals surface area contributed by atoms with Crippen molar-refractivity contribution >= 4 is 27.6 Å². The average molecular weight is 276 g/mol. The Kier molecular flexibility index (Phi) is 4.08. The highest BCUT2D eigenvalue weighted by Crippen LogP contribution is 2.20. The molecule has 0 amide bonds. The minimum Gasteiger partial charge on any atom is -0.480 e. The molecule has 0 heterocycles. The lowest BCUT2D eigenvalue weighted by atomic mass is 10.2. The molecule has 0 bridgehead atoms. The van der Waals surface area contributed by atoms with Gasteiger partial charge in [-0.15, -0.1) is 0 Å². The Bertz CT molecular complexity index is 370. The van der Waals surface area contributed by atoms with Crippen LogP contribution in [0.2, 0.25) is 0 Å². The molecule has 15 heavy (non-hydrogen) atoms. The smallest absolute Gasteiger partial charge is 0.326 e. The van der Waals surface area contributed by atoms with Crippen molar-refractivity contribution in [2.75, 3.05) is 5.32 Å². The third-order valence-electron chi connectivity index (χ3n) is 1.97. The van der Waals surface area contributed by atoms with Crippen LogP contribution >= 0.6 is 15.9 Å². The first-order chi connectivity index (χ1) is 7.04. The molecule has 0 aromatic heterocycles. The lowest BCUT2D eigenvalue weighted by Gasteiger charge is -2.14. The van der Waals surface area contributed by atoms with Gasteiger partial charge in [-0.05, 0) is 24.6 Å². The summed E-state index contributed by atoms with van der Waals surface area (Å²) in [7, 11) is 0. The van der Waals surface area contributed by atoms with Gasteiger partial charge in [-0.2, -0.15) is 0 Å². The molecule has 5 heteroatoms. The first-order valence-electron chi connectivity index (χ1n) is 4.49. The number of hydrogen-bond acceptors (Lipinski definition) is 2. The Balaban J connectivity index is 2.84. The number of halogens is 2. The number of anilines is 1. The van der Waals surface area contributed by atoms with E-state index >= 15 is 0 Å². The van der Waals surface area contributed by atoms with E-state index in [4.69, 9.17) is 5.11 Å². The maximum absolute atomic E-state index is 13.3. The van der Waals surface area contributed by atoms with Crippen LogP contribution in [-0.2, 0) is 4.79 Å². The van der Waals surface area contributed by atoms with E-state index in [1.165, 1.54) is 12.1 Å². The molecule has 1 aromatic carbocycles. The molecule has 1 atom stereocenters. The monoisotopic (exact) mass is 275 g/mol. The molecular weight excluding hydrogens is 265 g/mol. The lowest BCUT2D eigenvalue weighted by molar-refractivity contribution is -0.137. The molecule has 2 N–H and O–H groups in total. The maximum Gasteiger partial charge on any atom is 0.326 e. The van der Waals surface area contributed by atoms with Crippen LogP contribution < -0.4 is 5.32 Å². The van der Waals surface area contributed by atoms with Gasteiger partial charge >= 0.3 is 5.97 Å². The summed E-state index contributed by atoms with van der Waals surface area (Å²) in [5.41, 5.74) is 0.201. The Morgan fingerprint density at radius 3 is 2.80 bits per heavy atom. The van der Waals surface area contributed by atoms with Crippen LogP contribution in [0.5, 0.6) is 0 Å². The number of hydrogen-bond donors (Lipinski definition) is 2. The highest BCUT2D eigenvalue weighted by Gasteiger charge is 2.15. The quantitative estimate of drug-likeness (QED) is 0.889. The summed E-state index contributed by atoms with van der Waals surface area (Å²) < 4.78 is 13.9. The number of carboxylic acids is 1. The second-order valence-corrected chi connectivity index (χ2v) is 3.98. The van der Waals surface area contributed by atoms with E-state index in [0.717, 1.165) is 0 Å². The molecule has 1 unspecified atom stereocenters. The third kappa shape index (κ3) is 3.20. The summed E-state index contributed by atoms with van der Waals surface area (Å²) in [6.45, 7) is 1.72. The van der Waals surface area contributed by atoms with Gasteiger partial charge in [-0.25, -0.2) is 9.18 Å². The molecule has 3 nitrogen and oxygen atoms in total. The number of benzene rings is 1. The molecule has 0 aliphatic rings. The zero-order valence-electron chi connectivity index (χ0n) is 8.13. The van der Waals surface area contributed by atoms with Gasteiger partial charge in [0, 0.05) is 4.47 Å².